The maximum Gasteiger partial charge on any atom is 0.147 e. The zero-order valence-electron chi connectivity index (χ0n) is 9.91. The summed E-state index contributed by atoms with van der Waals surface area (Å²) in [5.74, 6) is 0. The Morgan fingerprint density at radius 3 is 2.40 bits per heavy atom. The van der Waals surface area contributed by atoms with Gasteiger partial charge in [0.05, 0.1) is 12.2 Å². The lowest BCUT2D eigenvalue weighted by Gasteiger charge is -2.14. The summed E-state index contributed by atoms with van der Waals surface area (Å²) in [6.07, 6.45) is 9.47. The quantitative estimate of drug-likeness (QED) is 0.632. The van der Waals surface area contributed by atoms with Gasteiger partial charge >= 0.3 is 0 Å². The van der Waals surface area contributed by atoms with E-state index < -0.39 is 0 Å². The molecule has 0 spiro atoms. The van der Waals surface area contributed by atoms with Crippen molar-refractivity contribution >= 4 is 0 Å². The molecule has 0 aromatic carbocycles. The summed E-state index contributed by atoms with van der Waals surface area (Å²) in [5.41, 5.74) is 5.59. The molecule has 1 saturated heterocycles. The molecule has 0 saturated carbocycles. The predicted molar refractivity (Wildman–Crippen MR) is 61.7 cm³/mol. The molecule has 1 aliphatic heterocycles. The van der Waals surface area contributed by atoms with Crippen LogP contribution in [-0.4, -0.2) is 25.5 Å². The second kappa shape index (κ2) is 8.08. The number of nitrogens with two attached hydrogens (primary N) is 1. The zero-order chi connectivity index (χ0) is 10.9. The number of unbranched alkanes of at least 4 members (excludes halogenated alkanes) is 5. The molecule has 2 N–H and O–H groups in total. The molecule has 1 heterocycles. The van der Waals surface area contributed by atoms with Crippen LogP contribution in [0.2, 0.25) is 0 Å². The molecule has 3 heteroatoms. The van der Waals surface area contributed by atoms with E-state index in [0.717, 1.165) is 6.42 Å². The number of hydrogen-bond donors (Lipinski definition) is 1. The molecular formula is C12H25NO2. The molecule has 0 radical (unpaired) electrons. The molecule has 2 unspecified atom stereocenters. The molecule has 90 valence electrons. The van der Waals surface area contributed by atoms with Crippen LogP contribution in [0.1, 0.15) is 51.9 Å². The Morgan fingerprint density at radius 1 is 1.00 bits per heavy atom. The van der Waals surface area contributed by atoms with Crippen molar-refractivity contribution in [2.75, 3.05) is 13.3 Å². The summed E-state index contributed by atoms with van der Waals surface area (Å²) in [4.78, 5) is 0. The number of ether oxygens (including phenoxy) is 2. The van der Waals surface area contributed by atoms with Crippen molar-refractivity contribution < 1.29 is 9.47 Å². The molecule has 0 bridgehead atoms. The first-order chi connectivity index (χ1) is 7.38. The van der Waals surface area contributed by atoms with Gasteiger partial charge in [-0.1, -0.05) is 45.4 Å². The van der Waals surface area contributed by atoms with Gasteiger partial charge in [0.1, 0.15) is 6.79 Å². The van der Waals surface area contributed by atoms with Crippen LogP contribution in [0.5, 0.6) is 0 Å². The highest BCUT2D eigenvalue weighted by Gasteiger charge is 2.26. The molecule has 1 aliphatic rings. The van der Waals surface area contributed by atoms with E-state index in [1.165, 1.54) is 38.5 Å². The highest BCUT2D eigenvalue weighted by molar-refractivity contribution is 4.74. The first-order valence-electron chi connectivity index (χ1n) is 6.31. The van der Waals surface area contributed by atoms with Gasteiger partial charge in [-0.15, -0.1) is 0 Å². The Bertz CT molecular complexity index is 153. The van der Waals surface area contributed by atoms with E-state index in [1.807, 2.05) is 0 Å². The van der Waals surface area contributed by atoms with Crippen molar-refractivity contribution in [1.82, 2.24) is 0 Å². The van der Waals surface area contributed by atoms with Crippen LogP contribution in [0, 0.1) is 0 Å². The molecular weight excluding hydrogens is 190 g/mol. The maximum absolute atomic E-state index is 5.59. The van der Waals surface area contributed by atoms with E-state index in [0.29, 0.717) is 13.3 Å². The summed E-state index contributed by atoms with van der Waals surface area (Å²) < 4.78 is 10.8. The van der Waals surface area contributed by atoms with E-state index in [-0.39, 0.29) is 12.2 Å². The van der Waals surface area contributed by atoms with Gasteiger partial charge in [0.25, 0.3) is 0 Å². The van der Waals surface area contributed by atoms with Gasteiger partial charge < -0.3 is 15.2 Å². The normalized spacial score (nSPS) is 26.0. The van der Waals surface area contributed by atoms with Gasteiger partial charge in [-0.25, -0.2) is 0 Å². The molecule has 1 rings (SSSR count). The fraction of sp³-hybridized carbons (Fsp3) is 1.00. The number of rotatable bonds is 8. The maximum atomic E-state index is 5.59. The lowest BCUT2D eigenvalue weighted by atomic mass is 10.0. The van der Waals surface area contributed by atoms with Gasteiger partial charge in [-0.2, -0.15) is 0 Å². The monoisotopic (exact) mass is 215 g/mol. The smallest absolute Gasteiger partial charge is 0.147 e. The minimum atomic E-state index is 0.139. The minimum Gasteiger partial charge on any atom is -0.349 e. The average Bonchev–Trinajstić information content (AvgIpc) is 2.70. The van der Waals surface area contributed by atoms with Crippen molar-refractivity contribution in [3.63, 3.8) is 0 Å². The second-order valence-electron chi connectivity index (χ2n) is 4.32. The average molecular weight is 215 g/mol. The van der Waals surface area contributed by atoms with Crippen LogP contribution >= 0.6 is 0 Å². The van der Waals surface area contributed by atoms with Gasteiger partial charge in [-0.05, 0) is 6.42 Å². The Kier molecular flexibility index (Phi) is 6.98. The summed E-state index contributed by atoms with van der Waals surface area (Å²) >= 11 is 0. The third-order valence-corrected chi connectivity index (χ3v) is 3.05. The van der Waals surface area contributed by atoms with Crippen LogP contribution in [-0.2, 0) is 9.47 Å². The zero-order valence-corrected chi connectivity index (χ0v) is 9.91. The lowest BCUT2D eigenvalue weighted by Crippen LogP contribution is -2.30. The van der Waals surface area contributed by atoms with E-state index in [2.05, 4.69) is 6.92 Å². The Labute approximate surface area is 93.3 Å². The third kappa shape index (κ3) is 4.96. The molecule has 15 heavy (non-hydrogen) atoms. The SMILES string of the molecule is CCCCCCCCC1OCOC1CN. The molecule has 0 aromatic rings. The van der Waals surface area contributed by atoms with Crippen molar-refractivity contribution in [3.8, 4) is 0 Å². The highest BCUT2D eigenvalue weighted by Crippen LogP contribution is 2.18. The Morgan fingerprint density at radius 2 is 1.67 bits per heavy atom. The topological polar surface area (TPSA) is 44.5 Å². The van der Waals surface area contributed by atoms with Crippen LogP contribution in [0.15, 0.2) is 0 Å². The summed E-state index contributed by atoms with van der Waals surface area (Å²) in [7, 11) is 0. The largest absolute Gasteiger partial charge is 0.349 e. The van der Waals surface area contributed by atoms with E-state index >= 15 is 0 Å². The lowest BCUT2D eigenvalue weighted by molar-refractivity contribution is 0.0380. The summed E-state index contributed by atoms with van der Waals surface area (Å²) in [5, 5.41) is 0. The second-order valence-corrected chi connectivity index (χ2v) is 4.32. The van der Waals surface area contributed by atoms with Crippen LogP contribution in [0.3, 0.4) is 0 Å². The summed E-state index contributed by atoms with van der Waals surface area (Å²) in [6, 6.07) is 0. The van der Waals surface area contributed by atoms with Crippen LogP contribution in [0.4, 0.5) is 0 Å². The molecule has 0 amide bonds. The first-order valence-corrected chi connectivity index (χ1v) is 6.31. The van der Waals surface area contributed by atoms with Crippen molar-refractivity contribution in [2.24, 2.45) is 5.73 Å². The van der Waals surface area contributed by atoms with Gasteiger partial charge in [0.15, 0.2) is 0 Å². The number of hydrogen-bond acceptors (Lipinski definition) is 3. The van der Waals surface area contributed by atoms with Gasteiger partial charge in [0.2, 0.25) is 0 Å². The van der Waals surface area contributed by atoms with Gasteiger partial charge in [-0.3, -0.25) is 0 Å². The molecule has 0 aliphatic carbocycles. The van der Waals surface area contributed by atoms with Crippen molar-refractivity contribution in [1.29, 1.82) is 0 Å². The van der Waals surface area contributed by atoms with Crippen molar-refractivity contribution in [3.05, 3.63) is 0 Å². The Hall–Kier alpha value is -0.120. The predicted octanol–water partition coefficient (Wildman–Crippen LogP) is 2.44. The van der Waals surface area contributed by atoms with Crippen molar-refractivity contribution in [2.45, 2.75) is 64.1 Å². The fourth-order valence-electron chi connectivity index (χ4n) is 2.04. The minimum absolute atomic E-state index is 0.139. The fourth-order valence-corrected chi connectivity index (χ4v) is 2.04. The Balaban J connectivity index is 1.95. The van der Waals surface area contributed by atoms with Gasteiger partial charge in [0, 0.05) is 6.54 Å². The van der Waals surface area contributed by atoms with E-state index in [9.17, 15) is 0 Å². The first kappa shape index (κ1) is 12.9. The molecule has 1 fully saturated rings. The highest BCUT2D eigenvalue weighted by atomic mass is 16.7. The van der Waals surface area contributed by atoms with E-state index in [1.54, 1.807) is 0 Å². The standard InChI is InChI=1S/C12H25NO2/c1-2-3-4-5-6-7-8-11-12(9-13)15-10-14-11/h11-12H,2-10,13H2,1H3. The van der Waals surface area contributed by atoms with E-state index in [4.69, 9.17) is 15.2 Å². The van der Waals surface area contributed by atoms with Crippen LogP contribution in [0.25, 0.3) is 0 Å². The molecule has 2 atom stereocenters. The molecule has 3 nitrogen and oxygen atoms in total. The van der Waals surface area contributed by atoms with Crippen LogP contribution < -0.4 is 5.73 Å². The third-order valence-electron chi connectivity index (χ3n) is 3.05. The summed E-state index contributed by atoms with van der Waals surface area (Å²) in [6.45, 7) is 3.26. The molecule has 0 aromatic heterocycles.